The van der Waals surface area contributed by atoms with Gasteiger partial charge in [0.2, 0.25) is 0 Å². The highest BCUT2D eigenvalue weighted by atomic mass is 16.7. The van der Waals surface area contributed by atoms with Gasteiger partial charge in [0, 0.05) is 18.8 Å². The molecule has 0 amide bonds. The highest BCUT2D eigenvalue weighted by Crippen LogP contribution is 2.23. The normalized spacial score (nSPS) is 10.7. The molecule has 4 heteroatoms. The summed E-state index contributed by atoms with van der Waals surface area (Å²) in [5.74, 6) is 0.0814. The Hall–Kier alpha value is -2.17. The van der Waals surface area contributed by atoms with Crippen LogP contribution in [0.25, 0.3) is 0 Å². The lowest BCUT2D eigenvalue weighted by Crippen LogP contribution is -2.11. The molecule has 0 spiro atoms. The summed E-state index contributed by atoms with van der Waals surface area (Å²) in [6.45, 7) is 4.90. The lowest BCUT2D eigenvalue weighted by Gasteiger charge is -2.17. The van der Waals surface area contributed by atoms with Crippen molar-refractivity contribution in [1.82, 2.24) is 0 Å². The molecule has 0 aliphatic carbocycles. The van der Waals surface area contributed by atoms with E-state index in [1.807, 2.05) is 32.0 Å². The summed E-state index contributed by atoms with van der Waals surface area (Å²) in [4.78, 5) is 12.1. The van der Waals surface area contributed by atoms with Crippen LogP contribution in [0.1, 0.15) is 36.1 Å². The fraction of sp³-hybridized carbons (Fsp3) is 0.278. The van der Waals surface area contributed by atoms with E-state index in [2.05, 4.69) is 0 Å². The van der Waals surface area contributed by atoms with Gasteiger partial charge in [0.15, 0.2) is 6.29 Å². The van der Waals surface area contributed by atoms with Crippen molar-refractivity contribution in [3.05, 3.63) is 65.7 Å². The van der Waals surface area contributed by atoms with Crippen molar-refractivity contribution in [2.24, 2.45) is 0 Å². The Bertz CT molecular complexity index is 589. The number of ether oxygens (including phenoxy) is 3. The van der Waals surface area contributed by atoms with Crippen LogP contribution in [-0.4, -0.2) is 19.2 Å². The van der Waals surface area contributed by atoms with Gasteiger partial charge < -0.3 is 14.2 Å². The standard InChI is InChI=1S/C18H20O4/c1-3-20-18(21-4-2)15-11-8-12-16(13-15)22-17(19)14-9-6-5-7-10-14/h5-13,18H,3-4H2,1-2H3. The highest BCUT2D eigenvalue weighted by molar-refractivity contribution is 5.90. The Kier molecular flexibility index (Phi) is 6.13. The predicted molar refractivity (Wildman–Crippen MR) is 83.8 cm³/mol. The maximum absolute atomic E-state index is 12.1. The highest BCUT2D eigenvalue weighted by Gasteiger charge is 2.13. The summed E-state index contributed by atoms with van der Waals surface area (Å²) in [5, 5.41) is 0. The maximum Gasteiger partial charge on any atom is 0.343 e. The second-order valence-electron chi connectivity index (χ2n) is 4.57. The first-order chi connectivity index (χ1) is 10.7. The van der Waals surface area contributed by atoms with Gasteiger partial charge in [0.05, 0.1) is 5.56 Å². The van der Waals surface area contributed by atoms with Crippen LogP contribution in [-0.2, 0) is 9.47 Å². The zero-order valence-corrected chi connectivity index (χ0v) is 12.8. The van der Waals surface area contributed by atoms with Crippen molar-refractivity contribution < 1.29 is 19.0 Å². The molecule has 0 bridgehead atoms. The second kappa shape index (κ2) is 8.32. The molecule has 0 fully saturated rings. The molecule has 0 saturated heterocycles. The summed E-state index contributed by atoms with van der Waals surface area (Å²) in [6.07, 6.45) is -0.453. The molecule has 0 atom stereocenters. The van der Waals surface area contributed by atoms with E-state index in [9.17, 15) is 4.79 Å². The van der Waals surface area contributed by atoms with E-state index < -0.39 is 6.29 Å². The third kappa shape index (κ3) is 4.41. The van der Waals surface area contributed by atoms with Crippen LogP contribution in [0.4, 0.5) is 0 Å². The molecule has 0 unspecified atom stereocenters. The van der Waals surface area contributed by atoms with E-state index in [1.54, 1.807) is 36.4 Å². The van der Waals surface area contributed by atoms with Gasteiger partial charge in [-0.3, -0.25) is 0 Å². The van der Waals surface area contributed by atoms with Crippen molar-refractivity contribution in [3.8, 4) is 5.75 Å². The predicted octanol–water partition coefficient (Wildman–Crippen LogP) is 3.98. The zero-order chi connectivity index (χ0) is 15.8. The lowest BCUT2D eigenvalue weighted by atomic mass is 10.2. The molecule has 2 aromatic carbocycles. The third-order valence-electron chi connectivity index (χ3n) is 2.99. The summed E-state index contributed by atoms with van der Waals surface area (Å²) >= 11 is 0. The van der Waals surface area contributed by atoms with E-state index >= 15 is 0 Å². The Morgan fingerprint density at radius 3 is 2.27 bits per heavy atom. The first-order valence-electron chi connectivity index (χ1n) is 7.35. The number of hydrogen-bond donors (Lipinski definition) is 0. The van der Waals surface area contributed by atoms with Crippen LogP contribution in [0, 0.1) is 0 Å². The topological polar surface area (TPSA) is 44.8 Å². The van der Waals surface area contributed by atoms with Crippen molar-refractivity contribution in [2.75, 3.05) is 13.2 Å². The molecule has 0 heterocycles. The zero-order valence-electron chi connectivity index (χ0n) is 12.8. The van der Waals surface area contributed by atoms with E-state index in [0.717, 1.165) is 5.56 Å². The van der Waals surface area contributed by atoms with Gasteiger partial charge in [0.25, 0.3) is 0 Å². The average molecular weight is 300 g/mol. The minimum atomic E-state index is -0.453. The van der Waals surface area contributed by atoms with Crippen LogP contribution < -0.4 is 4.74 Å². The quantitative estimate of drug-likeness (QED) is 0.441. The third-order valence-corrected chi connectivity index (χ3v) is 2.99. The van der Waals surface area contributed by atoms with Gasteiger partial charge in [-0.05, 0) is 38.1 Å². The monoisotopic (exact) mass is 300 g/mol. The first-order valence-corrected chi connectivity index (χ1v) is 7.35. The van der Waals surface area contributed by atoms with Crippen LogP contribution in [0.5, 0.6) is 5.75 Å². The Labute approximate surface area is 130 Å². The van der Waals surface area contributed by atoms with E-state index in [4.69, 9.17) is 14.2 Å². The summed E-state index contributed by atoms with van der Waals surface area (Å²) in [7, 11) is 0. The number of esters is 1. The van der Waals surface area contributed by atoms with E-state index in [0.29, 0.717) is 24.5 Å². The van der Waals surface area contributed by atoms with Crippen LogP contribution in [0.15, 0.2) is 54.6 Å². The van der Waals surface area contributed by atoms with Crippen LogP contribution >= 0.6 is 0 Å². The van der Waals surface area contributed by atoms with Crippen LogP contribution in [0.3, 0.4) is 0 Å². The van der Waals surface area contributed by atoms with Gasteiger partial charge in [-0.2, -0.15) is 0 Å². The summed E-state index contributed by atoms with van der Waals surface area (Å²) < 4.78 is 16.5. The maximum atomic E-state index is 12.1. The van der Waals surface area contributed by atoms with Crippen molar-refractivity contribution >= 4 is 5.97 Å². The fourth-order valence-corrected chi connectivity index (χ4v) is 2.01. The van der Waals surface area contributed by atoms with Gasteiger partial charge in [-0.15, -0.1) is 0 Å². The first kappa shape index (κ1) is 16.2. The molecule has 0 radical (unpaired) electrons. The molecular formula is C18H20O4. The molecule has 2 rings (SSSR count). The molecule has 22 heavy (non-hydrogen) atoms. The second-order valence-corrected chi connectivity index (χ2v) is 4.57. The average Bonchev–Trinajstić information content (AvgIpc) is 2.56. The van der Waals surface area contributed by atoms with Crippen LogP contribution in [0.2, 0.25) is 0 Å². The molecular weight excluding hydrogens is 280 g/mol. The lowest BCUT2D eigenvalue weighted by molar-refractivity contribution is -0.140. The Morgan fingerprint density at radius 1 is 0.955 bits per heavy atom. The van der Waals surface area contributed by atoms with Gasteiger partial charge in [-0.1, -0.05) is 30.3 Å². The molecule has 0 aliphatic heterocycles. The van der Waals surface area contributed by atoms with Gasteiger partial charge >= 0.3 is 5.97 Å². The summed E-state index contributed by atoms with van der Waals surface area (Å²) in [6, 6.07) is 16.1. The van der Waals surface area contributed by atoms with Crippen molar-refractivity contribution in [1.29, 1.82) is 0 Å². The number of carbonyl (C=O) groups excluding carboxylic acids is 1. The van der Waals surface area contributed by atoms with E-state index in [1.165, 1.54) is 0 Å². The number of carbonyl (C=O) groups is 1. The molecule has 0 aliphatic rings. The smallest absolute Gasteiger partial charge is 0.343 e. The largest absolute Gasteiger partial charge is 0.423 e. The molecule has 0 aromatic heterocycles. The molecule has 0 saturated carbocycles. The minimum absolute atomic E-state index is 0.387. The van der Waals surface area contributed by atoms with Gasteiger partial charge in [-0.25, -0.2) is 4.79 Å². The molecule has 116 valence electrons. The number of rotatable bonds is 7. The summed E-state index contributed by atoms with van der Waals surface area (Å²) in [5.41, 5.74) is 1.33. The van der Waals surface area contributed by atoms with Gasteiger partial charge in [0.1, 0.15) is 5.75 Å². The number of hydrogen-bond acceptors (Lipinski definition) is 4. The molecule has 0 N–H and O–H groups in total. The van der Waals surface area contributed by atoms with E-state index in [-0.39, 0.29) is 5.97 Å². The molecule has 2 aromatic rings. The number of benzene rings is 2. The minimum Gasteiger partial charge on any atom is -0.423 e. The Balaban J connectivity index is 2.12. The van der Waals surface area contributed by atoms with Crippen molar-refractivity contribution in [2.45, 2.75) is 20.1 Å². The fourth-order valence-electron chi connectivity index (χ4n) is 2.01. The Morgan fingerprint density at radius 2 is 1.64 bits per heavy atom. The van der Waals surface area contributed by atoms with Crippen molar-refractivity contribution in [3.63, 3.8) is 0 Å². The SMILES string of the molecule is CCOC(OCC)c1cccc(OC(=O)c2ccccc2)c1. The molecule has 4 nitrogen and oxygen atoms in total.